The van der Waals surface area contributed by atoms with Crippen LogP contribution in [-0.4, -0.2) is 17.1 Å². The van der Waals surface area contributed by atoms with Gasteiger partial charge in [-0.25, -0.2) is 0 Å². The Morgan fingerprint density at radius 2 is 1.39 bits per heavy atom. The van der Waals surface area contributed by atoms with Crippen LogP contribution in [0.15, 0.2) is 43.4 Å². The van der Waals surface area contributed by atoms with E-state index in [1.54, 1.807) is 19.1 Å². The van der Waals surface area contributed by atoms with Crippen molar-refractivity contribution in [1.82, 2.24) is 4.57 Å². The summed E-state index contributed by atoms with van der Waals surface area (Å²) in [6.07, 6.45) is 0.859. The maximum Gasteiger partial charge on any atom is 0.308 e. The highest BCUT2D eigenvalue weighted by Gasteiger charge is 2.25. The fourth-order valence-electron chi connectivity index (χ4n) is 4.12. The molecule has 0 saturated carbocycles. The molecule has 0 saturated heterocycles. The van der Waals surface area contributed by atoms with Crippen molar-refractivity contribution in [3.05, 3.63) is 65.4 Å². The molecule has 0 bridgehead atoms. The number of carbonyl (C=O) groups is 1. The third-order valence-corrected chi connectivity index (χ3v) is 6.15. The molecule has 170 valence electrons. The minimum atomic E-state index is -0.700. The van der Waals surface area contributed by atoms with Gasteiger partial charge < -0.3 is 16.2 Å². The lowest BCUT2D eigenvalue weighted by Crippen LogP contribution is -2.26. The van der Waals surface area contributed by atoms with E-state index in [2.05, 4.69) is 0 Å². The Hall–Kier alpha value is -4.01. The summed E-state index contributed by atoms with van der Waals surface area (Å²) in [7, 11) is 0. The normalized spacial score (nSPS) is 12.5. The second-order valence-electron chi connectivity index (χ2n) is 8.12. The van der Waals surface area contributed by atoms with Gasteiger partial charge in [0, 0.05) is 17.3 Å². The summed E-state index contributed by atoms with van der Waals surface area (Å²) in [6.45, 7) is 3.62. The average Bonchev–Trinajstić information content (AvgIpc) is 3.06. The summed E-state index contributed by atoms with van der Waals surface area (Å²) in [6, 6.07) is 6.24. The Morgan fingerprint density at radius 3 is 1.85 bits per heavy atom. The van der Waals surface area contributed by atoms with Crippen LogP contribution in [0, 0.1) is 5.92 Å². The Bertz CT molecular complexity index is 1540. The standard InChI is InChI=1S/C24H23N3O6/c1-3-11(2)24(32)33-10-6-9-27-22(30)16-17(23(27)31)19(26)15-14(18(16)25)20(28)12-7-4-5-8-13(12)21(15)29/h4-5,7-8,11H,3,6,9-10,25-26H2,1-2H3. The predicted octanol–water partition coefficient (Wildman–Crippen LogP) is 1.41. The Morgan fingerprint density at radius 1 is 0.909 bits per heavy atom. The molecule has 0 spiro atoms. The van der Waals surface area contributed by atoms with E-state index in [1.807, 2.05) is 6.92 Å². The molecule has 1 aromatic heterocycles. The quantitative estimate of drug-likeness (QED) is 0.147. The smallest absolute Gasteiger partial charge is 0.308 e. The molecule has 33 heavy (non-hydrogen) atoms. The van der Waals surface area contributed by atoms with Crippen molar-refractivity contribution in [3.8, 4) is 0 Å². The SMILES string of the molecule is CCC(C)C(=O)OCCCn1c(=O)c2c(N)c3c(=O)c4ccccc4c(=O)c3c(N)c2c1=O. The summed E-state index contributed by atoms with van der Waals surface area (Å²) in [5.74, 6) is -0.591. The molecule has 4 N–H and O–H groups in total. The third-order valence-electron chi connectivity index (χ3n) is 6.15. The number of aromatic nitrogens is 1. The van der Waals surface area contributed by atoms with E-state index in [9.17, 15) is 24.0 Å². The van der Waals surface area contributed by atoms with E-state index in [1.165, 1.54) is 12.1 Å². The van der Waals surface area contributed by atoms with E-state index >= 15 is 0 Å². The Labute approximate surface area is 186 Å². The molecule has 1 unspecified atom stereocenters. The first-order valence-corrected chi connectivity index (χ1v) is 10.7. The zero-order valence-corrected chi connectivity index (χ0v) is 18.3. The van der Waals surface area contributed by atoms with Crippen LogP contribution in [0.2, 0.25) is 0 Å². The fraction of sp³-hybridized carbons (Fsp3) is 0.292. The van der Waals surface area contributed by atoms with Crippen LogP contribution >= 0.6 is 0 Å². The maximum absolute atomic E-state index is 13.1. The molecule has 0 amide bonds. The summed E-state index contributed by atoms with van der Waals surface area (Å²) < 4.78 is 6.11. The monoisotopic (exact) mass is 449 g/mol. The molecular weight excluding hydrogens is 426 g/mol. The third kappa shape index (κ3) is 3.27. The number of carbonyl (C=O) groups excluding carboxylic acids is 1. The average molecular weight is 449 g/mol. The van der Waals surface area contributed by atoms with Crippen LogP contribution in [0.1, 0.15) is 26.7 Å². The number of rotatable bonds is 6. The van der Waals surface area contributed by atoms with Gasteiger partial charge >= 0.3 is 5.97 Å². The number of fused-ring (bicyclic) bond motifs is 3. The van der Waals surface area contributed by atoms with Gasteiger partial charge in [0.05, 0.1) is 45.4 Å². The van der Waals surface area contributed by atoms with Crippen molar-refractivity contribution in [1.29, 1.82) is 0 Å². The first-order valence-electron chi connectivity index (χ1n) is 10.7. The zero-order valence-electron chi connectivity index (χ0n) is 18.3. The van der Waals surface area contributed by atoms with Crippen molar-refractivity contribution in [2.45, 2.75) is 33.2 Å². The molecule has 0 aliphatic rings. The van der Waals surface area contributed by atoms with Crippen LogP contribution in [0.25, 0.3) is 32.3 Å². The fourth-order valence-corrected chi connectivity index (χ4v) is 4.12. The van der Waals surface area contributed by atoms with Gasteiger partial charge in [-0.15, -0.1) is 0 Å². The van der Waals surface area contributed by atoms with Crippen LogP contribution in [-0.2, 0) is 16.1 Å². The van der Waals surface area contributed by atoms with Crippen LogP contribution in [0.4, 0.5) is 11.4 Å². The minimum absolute atomic E-state index is 0.0321. The molecular formula is C24H23N3O6. The summed E-state index contributed by atoms with van der Waals surface area (Å²) >= 11 is 0. The van der Waals surface area contributed by atoms with Crippen molar-refractivity contribution >= 4 is 49.7 Å². The van der Waals surface area contributed by atoms with Crippen molar-refractivity contribution in [2.75, 3.05) is 18.1 Å². The highest BCUT2D eigenvalue weighted by atomic mass is 16.5. The number of nitrogens with two attached hydrogens (primary N) is 2. The van der Waals surface area contributed by atoms with Crippen LogP contribution < -0.4 is 33.4 Å². The lowest BCUT2D eigenvalue weighted by Gasteiger charge is -2.08. The summed E-state index contributed by atoms with van der Waals surface area (Å²) in [5.41, 5.74) is 9.48. The van der Waals surface area contributed by atoms with Gasteiger partial charge in [0.2, 0.25) is 0 Å². The molecule has 4 rings (SSSR count). The van der Waals surface area contributed by atoms with E-state index in [4.69, 9.17) is 16.2 Å². The van der Waals surface area contributed by atoms with Crippen molar-refractivity contribution < 1.29 is 9.53 Å². The number of anilines is 2. The summed E-state index contributed by atoms with van der Waals surface area (Å²) in [4.78, 5) is 64.1. The number of hydrogen-bond donors (Lipinski definition) is 2. The predicted molar refractivity (Wildman–Crippen MR) is 128 cm³/mol. The molecule has 0 aliphatic heterocycles. The van der Waals surface area contributed by atoms with Crippen molar-refractivity contribution in [2.24, 2.45) is 5.92 Å². The van der Waals surface area contributed by atoms with Gasteiger partial charge in [-0.2, -0.15) is 0 Å². The van der Waals surface area contributed by atoms with Crippen LogP contribution in [0.3, 0.4) is 0 Å². The van der Waals surface area contributed by atoms with E-state index in [0.29, 0.717) is 6.42 Å². The van der Waals surface area contributed by atoms with E-state index < -0.39 is 22.0 Å². The van der Waals surface area contributed by atoms with Gasteiger partial charge in [0.15, 0.2) is 10.9 Å². The Kier molecular flexibility index (Phi) is 5.49. The molecule has 9 nitrogen and oxygen atoms in total. The van der Waals surface area contributed by atoms with Gasteiger partial charge in [-0.05, 0) is 12.8 Å². The molecule has 1 heterocycles. The summed E-state index contributed by atoms with van der Waals surface area (Å²) in [5, 5.41) is -0.321. The van der Waals surface area contributed by atoms with E-state index in [-0.39, 0.29) is 75.2 Å². The number of esters is 1. The molecule has 0 radical (unpaired) electrons. The lowest BCUT2D eigenvalue weighted by atomic mass is 9.97. The highest BCUT2D eigenvalue weighted by molar-refractivity contribution is 6.20. The molecule has 0 aliphatic carbocycles. The molecule has 4 aromatic rings. The first kappa shape index (κ1) is 22.2. The zero-order chi connectivity index (χ0) is 24.0. The number of benzene rings is 3. The van der Waals surface area contributed by atoms with Gasteiger partial charge in [0.25, 0.3) is 11.1 Å². The number of ether oxygens (including phenoxy) is 1. The molecule has 3 aromatic carbocycles. The highest BCUT2D eigenvalue weighted by Crippen LogP contribution is 2.31. The number of nitrogen functional groups attached to an aromatic ring is 2. The van der Waals surface area contributed by atoms with Gasteiger partial charge in [-0.1, -0.05) is 38.1 Å². The number of hydrogen-bond acceptors (Lipinski definition) is 8. The maximum atomic E-state index is 13.1. The van der Waals surface area contributed by atoms with Crippen LogP contribution in [0.5, 0.6) is 0 Å². The molecule has 0 fully saturated rings. The second kappa shape index (κ2) is 8.16. The lowest BCUT2D eigenvalue weighted by molar-refractivity contribution is -0.148. The van der Waals surface area contributed by atoms with E-state index in [0.717, 1.165) is 4.57 Å². The Balaban J connectivity index is 1.87. The molecule has 1 atom stereocenters. The first-order chi connectivity index (χ1) is 15.7. The minimum Gasteiger partial charge on any atom is -0.465 e. The topological polar surface area (TPSA) is 152 Å². The van der Waals surface area contributed by atoms with Crippen molar-refractivity contribution in [3.63, 3.8) is 0 Å². The number of nitrogens with zero attached hydrogens (tertiary/aromatic N) is 1. The second-order valence-corrected chi connectivity index (χ2v) is 8.12. The van der Waals surface area contributed by atoms with Gasteiger partial charge in [-0.3, -0.25) is 28.5 Å². The van der Waals surface area contributed by atoms with Gasteiger partial charge in [0.1, 0.15) is 0 Å². The largest absolute Gasteiger partial charge is 0.465 e. The molecule has 9 heteroatoms.